The van der Waals surface area contributed by atoms with Crippen LogP contribution in [-0.2, 0) is 0 Å². The van der Waals surface area contributed by atoms with Gasteiger partial charge >= 0.3 is 0 Å². The Kier molecular flexibility index (Phi) is 3.04. The van der Waals surface area contributed by atoms with E-state index < -0.39 is 18.4 Å². The Hall–Kier alpha value is -0.870. The number of fused-ring (bicyclic) bond motifs is 1. The van der Waals surface area contributed by atoms with E-state index in [1.807, 2.05) is 0 Å². The minimum atomic E-state index is -2.91. The summed E-state index contributed by atoms with van der Waals surface area (Å²) in [6, 6.07) is 4.80. The molecule has 1 atom stereocenters. The van der Waals surface area contributed by atoms with Gasteiger partial charge < -0.3 is 10.4 Å². The lowest BCUT2D eigenvalue weighted by Gasteiger charge is -2.23. The molecule has 1 aliphatic rings. The first-order valence-corrected chi connectivity index (χ1v) is 5.44. The van der Waals surface area contributed by atoms with Gasteiger partial charge in [-0.25, -0.2) is 8.78 Å². The van der Waals surface area contributed by atoms with Crippen LogP contribution in [0.5, 0.6) is 0 Å². The van der Waals surface area contributed by atoms with E-state index in [2.05, 4.69) is 5.32 Å². The van der Waals surface area contributed by atoms with E-state index in [-0.39, 0.29) is 13.0 Å². The van der Waals surface area contributed by atoms with Crippen molar-refractivity contribution >= 4 is 17.3 Å². The highest BCUT2D eigenvalue weighted by Crippen LogP contribution is 2.42. The van der Waals surface area contributed by atoms with Gasteiger partial charge in [-0.1, -0.05) is 11.6 Å². The Morgan fingerprint density at radius 1 is 1.50 bits per heavy atom. The van der Waals surface area contributed by atoms with Crippen molar-refractivity contribution in [2.75, 3.05) is 18.5 Å². The van der Waals surface area contributed by atoms with Gasteiger partial charge in [-0.15, -0.1) is 0 Å². The molecule has 0 bridgehead atoms. The third-order valence-electron chi connectivity index (χ3n) is 2.86. The van der Waals surface area contributed by atoms with E-state index in [1.165, 1.54) is 6.07 Å². The van der Waals surface area contributed by atoms with Crippen LogP contribution < -0.4 is 5.32 Å². The quantitative estimate of drug-likeness (QED) is 0.800. The van der Waals surface area contributed by atoms with E-state index >= 15 is 0 Å². The Bertz CT molecular complexity index is 398. The molecule has 88 valence electrons. The van der Waals surface area contributed by atoms with E-state index in [4.69, 9.17) is 16.7 Å². The third kappa shape index (κ3) is 1.99. The molecule has 2 N–H and O–H groups in total. The molecule has 0 amide bonds. The topological polar surface area (TPSA) is 32.3 Å². The summed E-state index contributed by atoms with van der Waals surface area (Å²) in [5.41, 5.74) is 1.01. The average Bonchev–Trinajstić information content (AvgIpc) is 2.32. The van der Waals surface area contributed by atoms with Crippen molar-refractivity contribution in [3.05, 3.63) is 28.8 Å². The Balaban J connectivity index is 2.51. The van der Waals surface area contributed by atoms with Gasteiger partial charge in [0.2, 0.25) is 0 Å². The number of alkyl halides is 2. The molecule has 0 aromatic heterocycles. The van der Waals surface area contributed by atoms with Crippen LogP contribution in [0.1, 0.15) is 17.9 Å². The number of anilines is 1. The zero-order valence-corrected chi connectivity index (χ0v) is 9.27. The van der Waals surface area contributed by atoms with Crippen LogP contribution in [-0.4, -0.2) is 24.2 Å². The second-order valence-electron chi connectivity index (χ2n) is 3.90. The molecule has 1 aromatic carbocycles. The number of aliphatic hydroxyl groups excluding tert-OH is 1. The van der Waals surface area contributed by atoms with Gasteiger partial charge in [0.05, 0.1) is 12.5 Å². The first-order chi connectivity index (χ1) is 7.54. The molecule has 1 heterocycles. The number of rotatable bonds is 1. The van der Waals surface area contributed by atoms with E-state index in [0.29, 0.717) is 16.3 Å². The van der Waals surface area contributed by atoms with E-state index in [1.54, 1.807) is 12.1 Å². The van der Waals surface area contributed by atoms with Crippen LogP contribution in [0, 0.1) is 0 Å². The lowest BCUT2D eigenvalue weighted by Crippen LogP contribution is -2.29. The maximum absolute atomic E-state index is 13.7. The van der Waals surface area contributed by atoms with Gasteiger partial charge in [-0.2, -0.15) is 0 Å². The lowest BCUT2D eigenvalue weighted by atomic mass is 9.91. The largest absolute Gasteiger partial charge is 0.396 e. The first kappa shape index (κ1) is 11.6. The Labute approximate surface area is 97.2 Å². The van der Waals surface area contributed by atoms with Crippen LogP contribution in [0.25, 0.3) is 0 Å². The first-order valence-electron chi connectivity index (χ1n) is 5.06. The molecule has 2 rings (SSSR count). The van der Waals surface area contributed by atoms with Crippen molar-refractivity contribution in [2.45, 2.75) is 18.3 Å². The minimum absolute atomic E-state index is 0.193. The molecule has 16 heavy (non-hydrogen) atoms. The van der Waals surface area contributed by atoms with Crippen molar-refractivity contribution in [2.24, 2.45) is 0 Å². The standard InChI is InChI=1S/C11H12ClF2NO/c12-7-1-2-10-8(5-7)9(6-16)11(13,14)3-4-15-10/h1-2,5,9,15-16H,3-4,6H2/t9-/m0/s1. The molecular formula is C11H12ClF2NO. The molecule has 0 saturated heterocycles. The summed E-state index contributed by atoms with van der Waals surface area (Å²) in [5, 5.41) is 12.5. The molecule has 0 spiro atoms. The molecule has 2 nitrogen and oxygen atoms in total. The fourth-order valence-corrected chi connectivity index (χ4v) is 2.16. The fourth-order valence-electron chi connectivity index (χ4n) is 1.98. The monoisotopic (exact) mass is 247 g/mol. The number of nitrogens with one attached hydrogen (secondary N) is 1. The molecule has 1 aliphatic heterocycles. The van der Waals surface area contributed by atoms with Crippen LogP contribution in [0.2, 0.25) is 5.02 Å². The number of aliphatic hydroxyl groups is 1. The summed E-state index contributed by atoms with van der Waals surface area (Å²) >= 11 is 5.79. The molecule has 0 fully saturated rings. The summed E-state index contributed by atoms with van der Waals surface area (Å²) in [6.45, 7) is -0.389. The maximum atomic E-state index is 13.7. The second kappa shape index (κ2) is 4.18. The van der Waals surface area contributed by atoms with Gasteiger partial charge in [-0.3, -0.25) is 0 Å². The van der Waals surface area contributed by atoms with Gasteiger partial charge in [0.25, 0.3) is 5.92 Å². The maximum Gasteiger partial charge on any atom is 0.258 e. The van der Waals surface area contributed by atoms with Gasteiger partial charge in [-0.05, 0) is 23.8 Å². The summed E-state index contributed by atoms with van der Waals surface area (Å²) in [6.07, 6.45) is -0.287. The highest BCUT2D eigenvalue weighted by atomic mass is 35.5. The zero-order chi connectivity index (χ0) is 11.8. The molecule has 0 saturated carbocycles. The third-order valence-corrected chi connectivity index (χ3v) is 3.09. The summed E-state index contributed by atoms with van der Waals surface area (Å²) in [7, 11) is 0. The smallest absolute Gasteiger partial charge is 0.258 e. The molecule has 1 aromatic rings. The minimum Gasteiger partial charge on any atom is -0.396 e. The highest BCUT2D eigenvalue weighted by Gasteiger charge is 2.42. The van der Waals surface area contributed by atoms with E-state index in [9.17, 15) is 8.78 Å². The van der Waals surface area contributed by atoms with Crippen molar-refractivity contribution < 1.29 is 13.9 Å². The predicted molar refractivity (Wildman–Crippen MR) is 59.3 cm³/mol. The molecule has 0 radical (unpaired) electrons. The van der Waals surface area contributed by atoms with Crippen LogP contribution in [0.4, 0.5) is 14.5 Å². The lowest BCUT2D eigenvalue weighted by molar-refractivity contribution is -0.0457. The summed E-state index contributed by atoms with van der Waals surface area (Å²) < 4.78 is 27.4. The van der Waals surface area contributed by atoms with Crippen molar-refractivity contribution in [3.63, 3.8) is 0 Å². The Morgan fingerprint density at radius 3 is 2.94 bits per heavy atom. The molecule has 0 aliphatic carbocycles. The molecule has 5 heteroatoms. The number of hydrogen-bond acceptors (Lipinski definition) is 2. The van der Waals surface area contributed by atoms with E-state index in [0.717, 1.165) is 0 Å². The number of halogens is 3. The highest BCUT2D eigenvalue weighted by molar-refractivity contribution is 6.30. The summed E-state index contributed by atoms with van der Waals surface area (Å²) in [5.74, 6) is -4.09. The van der Waals surface area contributed by atoms with Gasteiger partial charge in [0.15, 0.2) is 0 Å². The molecular weight excluding hydrogens is 236 g/mol. The van der Waals surface area contributed by atoms with Crippen LogP contribution >= 0.6 is 11.6 Å². The summed E-state index contributed by atoms with van der Waals surface area (Å²) in [4.78, 5) is 0. The normalized spacial score (nSPS) is 23.1. The van der Waals surface area contributed by atoms with Gasteiger partial charge in [0.1, 0.15) is 0 Å². The number of benzene rings is 1. The average molecular weight is 248 g/mol. The van der Waals surface area contributed by atoms with Crippen molar-refractivity contribution in [3.8, 4) is 0 Å². The zero-order valence-electron chi connectivity index (χ0n) is 8.51. The SMILES string of the molecule is OC[C@H]1c2cc(Cl)ccc2NCCC1(F)F. The van der Waals surface area contributed by atoms with Crippen molar-refractivity contribution in [1.29, 1.82) is 0 Å². The molecule has 0 unspecified atom stereocenters. The van der Waals surface area contributed by atoms with Crippen LogP contribution in [0.3, 0.4) is 0 Å². The Morgan fingerprint density at radius 2 is 2.25 bits per heavy atom. The predicted octanol–water partition coefficient (Wildman–Crippen LogP) is 2.87. The fraction of sp³-hybridized carbons (Fsp3) is 0.455. The second-order valence-corrected chi connectivity index (χ2v) is 4.34. The van der Waals surface area contributed by atoms with Crippen molar-refractivity contribution in [1.82, 2.24) is 0 Å². The number of hydrogen-bond donors (Lipinski definition) is 2. The van der Waals surface area contributed by atoms with Crippen LogP contribution in [0.15, 0.2) is 18.2 Å². The van der Waals surface area contributed by atoms with Gasteiger partial charge in [0, 0.05) is 23.7 Å².